The summed E-state index contributed by atoms with van der Waals surface area (Å²) in [5, 5.41) is 13.7. The van der Waals surface area contributed by atoms with Gasteiger partial charge >= 0.3 is 6.03 Å². The van der Waals surface area contributed by atoms with Gasteiger partial charge in [0.05, 0.1) is 5.52 Å². The van der Waals surface area contributed by atoms with E-state index in [4.69, 9.17) is 0 Å². The van der Waals surface area contributed by atoms with Crippen LogP contribution in [0.15, 0.2) is 36.4 Å². The van der Waals surface area contributed by atoms with Gasteiger partial charge in [0.2, 0.25) is 5.91 Å². The first-order chi connectivity index (χ1) is 14.0. The fourth-order valence-corrected chi connectivity index (χ4v) is 3.83. The number of aromatic amines is 1. The summed E-state index contributed by atoms with van der Waals surface area (Å²) in [4.78, 5) is 25.6. The number of likely N-dealkylation sites (tertiary alicyclic amines) is 1. The second-order valence-electron chi connectivity index (χ2n) is 7.57. The third-order valence-electron chi connectivity index (χ3n) is 5.19. The van der Waals surface area contributed by atoms with Crippen LogP contribution in [0.5, 0.6) is 0 Å². The van der Waals surface area contributed by atoms with E-state index in [1.807, 2.05) is 18.2 Å². The molecule has 0 radical (unpaired) electrons. The molecule has 0 saturated carbocycles. The molecule has 2 heterocycles. The number of rotatable bonds is 5. The highest BCUT2D eigenvalue weighted by molar-refractivity contribution is 6.00. The molecule has 0 spiro atoms. The number of benzene rings is 2. The van der Waals surface area contributed by atoms with Crippen LogP contribution in [0.2, 0.25) is 0 Å². The predicted molar refractivity (Wildman–Crippen MR) is 114 cm³/mol. The molecule has 1 aliphatic heterocycles. The Morgan fingerprint density at radius 1 is 1.14 bits per heavy atom. The average molecular weight is 391 g/mol. The average Bonchev–Trinajstić information content (AvgIpc) is 3.27. The van der Waals surface area contributed by atoms with Crippen molar-refractivity contribution in [2.45, 2.75) is 26.7 Å². The summed E-state index contributed by atoms with van der Waals surface area (Å²) in [5.41, 5.74) is 5.56. The molecule has 150 valence electrons. The molecule has 1 aliphatic rings. The van der Waals surface area contributed by atoms with Gasteiger partial charge in [-0.25, -0.2) is 4.79 Å². The molecular weight excluding hydrogens is 366 g/mol. The van der Waals surface area contributed by atoms with Crippen molar-refractivity contribution in [3.05, 3.63) is 47.5 Å². The fourth-order valence-electron chi connectivity index (χ4n) is 3.83. The first-order valence-corrected chi connectivity index (χ1v) is 9.89. The number of amides is 3. The molecule has 29 heavy (non-hydrogen) atoms. The second-order valence-corrected chi connectivity index (χ2v) is 7.57. The van der Waals surface area contributed by atoms with E-state index in [9.17, 15) is 9.59 Å². The minimum atomic E-state index is -0.330. The molecule has 4 rings (SSSR count). The third-order valence-corrected chi connectivity index (χ3v) is 5.19. The molecule has 2 aromatic carbocycles. The number of urea groups is 1. The summed E-state index contributed by atoms with van der Waals surface area (Å²) in [6, 6.07) is 12.2. The molecule has 1 aromatic heterocycles. The van der Waals surface area contributed by atoms with Crippen LogP contribution >= 0.6 is 0 Å². The van der Waals surface area contributed by atoms with Crippen LogP contribution in [0.25, 0.3) is 22.0 Å². The number of carbonyl (C=O) groups is 2. The molecule has 7 nitrogen and oxygen atoms in total. The van der Waals surface area contributed by atoms with Crippen LogP contribution in [0.3, 0.4) is 0 Å². The first kappa shape index (κ1) is 19.0. The normalized spacial score (nSPS) is 13.9. The van der Waals surface area contributed by atoms with Crippen molar-refractivity contribution in [2.75, 3.05) is 25.0 Å². The number of carbonyl (C=O) groups excluding carboxylic acids is 2. The van der Waals surface area contributed by atoms with Crippen molar-refractivity contribution >= 4 is 28.7 Å². The van der Waals surface area contributed by atoms with Crippen molar-refractivity contribution in [1.82, 2.24) is 20.4 Å². The highest BCUT2D eigenvalue weighted by Gasteiger charge is 2.19. The number of hydrogen-bond donors (Lipinski definition) is 3. The van der Waals surface area contributed by atoms with Gasteiger partial charge in [-0.3, -0.25) is 15.2 Å². The maximum atomic E-state index is 12.2. The van der Waals surface area contributed by atoms with E-state index in [-0.39, 0.29) is 11.9 Å². The lowest BCUT2D eigenvalue weighted by atomic mass is 10.00. The van der Waals surface area contributed by atoms with Crippen molar-refractivity contribution in [1.29, 1.82) is 0 Å². The SMILES string of the molecule is Cc1cc(C)cc(-c2ccc3c(NC(=O)NCCN4CCCC4=O)n[nH]c3c2)c1. The predicted octanol–water partition coefficient (Wildman–Crippen LogP) is 3.59. The van der Waals surface area contributed by atoms with Gasteiger partial charge in [0.15, 0.2) is 5.82 Å². The highest BCUT2D eigenvalue weighted by Crippen LogP contribution is 2.28. The number of fused-ring (bicyclic) bond motifs is 1. The standard InChI is InChI=1S/C22H25N5O2/c1-14-10-15(2)12-17(11-14)16-5-6-18-19(13-16)25-26-21(18)24-22(29)23-7-9-27-8-3-4-20(27)28/h5-6,10-13H,3-4,7-9H2,1-2H3,(H3,23,24,25,26,29). The zero-order chi connectivity index (χ0) is 20.4. The Labute approximate surface area is 169 Å². The van der Waals surface area contributed by atoms with Crippen LogP contribution in [-0.4, -0.2) is 46.7 Å². The number of nitrogens with zero attached hydrogens (tertiary/aromatic N) is 2. The van der Waals surface area contributed by atoms with Crippen LogP contribution in [0, 0.1) is 13.8 Å². The van der Waals surface area contributed by atoms with E-state index in [0.717, 1.165) is 35.0 Å². The maximum absolute atomic E-state index is 12.2. The summed E-state index contributed by atoms with van der Waals surface area (Å²) in [6.07, 6.45) is 1.50. The van der Waals surface area contributed by atoms with Crippen LogP contribution in [0.4, 0.5) is 10.6 Å². The van der Waals surface area contributed by atoms with Crippen LogP contribution in [0.1, 0.15) is 24.0 Å². The molecule has 3 aromatic rings. The zero-order valence-corrected chi connectivity index (χ0v) is 16.7. The minimum absolute atomic E-state index is 0.158. The van der Waals surface area contributed by atoms with Crippen molar-refractivity contribution in [2.24, 2.45) is 0 Å². The summed E-state index contributed by atoms with van der Waals surface area (Å²) in [5.74, 6) is 0.645. The fraction of sp³-hybridized carbons (Fsp3) is 0.318. The molecule has 1 fully saturated rings. The third kappa shape index (κ3) is 4.23. The summed E-state index contributed by atoms with van der Waals surface area (Å²) in [6.45, 7) is 5.90. The maximum Gasteiger partial charge on any atom is 0.320 e. The Bertz CT molecular complexity index is 1050. The Kier molecular flexibility index (Phi) is 5.20. The summed E-state index contributed by atoms with van der Waals surface area (Å²) in [7, 11) is 0. The van der Waals surface area contributed by atoms with Gasteiger partial charge in [-0.2, -0.15) is 5.10 Å². The molecular formula is C22H25N5O2. The van der Waals surface area contributed by atoms with Gasteiger partial charge in [0.25, 0.3) is 0 Å². The summed E-state index contributed by atoms with van der Waals surface area (Å²) < 4.78 is 0. The Morgan fingerprint density at radius 3 is 2.66 bits per heavy atom. The van der Waals surface area contributed by atoms with Gasteiger partial charge in [-0.1, -0.05) is 35.4 Å². The molecule has 0 unspecified atom stereocenters. The van der Waals surface area contributed by atoms with Crippen LogP contribution < -0.4 is 10.6 Å². The van der Waals surface area contributed by atoms with Gasteiger partial charge in [0, 0.05) is 31.4 Å². The number of aromatic nitrogens is 2. The number of aryl methyl sites for hydroxylation is 2. The molecule has 0 bridgehead atoms. The van der Waals surface area contributed by atoms with Crippen LogP contribution in [-0.2, 0) is 4.79 Å². The van der Waals surface area contributed by atoms with Gasteiger partial charge in [-0.05, 0) is 43.5 Å². The lowest BCUT2D eigenvalue weighted by Crippen LogP contribution is -2.37. The van der Waals surface area contributed by atoms with Crippen molar-refractivity contribution in [3.8, 4) is 11.1 Å². The molecule has 7 heteroatoms. The lowest BCUT2D eigenvalue weighted by molar-refractivity contribution is -0.127. The van der Waals surface area contributed by atoms with Gasteiger partial charge < -0.3 is 10.2 Å². The quantitative estimate of drug-likeness (QED) is 0.621. The zero-order valence-electron chi connectivity index (χ0n) is 16.7. The lowest BCUT2D eigenvalue weighted by Gasteiger charge is -2.15. The number of hydrogen-bond acceptors (Lipinski definition) is 3. The van der Waals surface area contributed by atoms with E-state index in [1.54, 1.807) is 4.90 Å². The van der Waals surface area contributed by atoms with Crippen molar-refractivity contribution < 1.29 is 9.59 Å². The molecule has 0 atom stereocenters. The van der Waals surface area contributed by atoms with Gasteiger partial charge in [0.1, 0.15) is 0 Å². The number of nitrogens with one attached hydrogen (secondary N) is 3. The Balaban J connectivity index is 1.42. The Hall–Kier alpha value is -3.35. The van der Waals surface area contributed by atoms with E-state index < -0.39 is 0 Å². The smallest absolute Gasteiger partial charge is 0.320 e. The number of anilines is 1. The van der Waals surface area contributed by atoms with Crippen molar-refractivity contribution in [3.63, 3.8) is 0 Å². The van der Waals surface area contributed by atoms with Gasteiger partial charge in [-0.15, -0.1) is 0 Å². The molecule has 3 amide bonds. The second kappa shape index (κ2) is 7.95. The van der Waals surface area contributed by atoms with E-state index in [2.05, 4.69) is 52.9 Å². The Morgan fingerprint density at radius 2 is 1.93 bits per heavy atom. The van der Waals surface area contributed by atoms with E-state index in [0.29, 0.717) is 25.3 Å². The summed E-state index contributed by atoms with van der Waals surface area (Å²) >= 11 is 0. The largest absolute Gasteiger partial charge is 0.341 e. The minimum Gasteiger partial charge on any atom is -0.341 e. The molecule has 1 saturated heterocycles. The van der Waals surface area contributed by atoms with E-state index >= 15 is 0 Å². The molecule has 3 N–H and O–H groups in total. The highest BCUT2D eigenvalue weighted by atomic mass is 16.2. The molecule has 0 aliphatic carbocycles. The monoisotopic (exact) mass is 391 g/mol. The first-order valence-electron chi connectivity index (χ1n) is 9.89. The van der Waals surface area contributed by atoms with E-state index in [1.165, 1.54) is 11.1 Å². The number of H-pyrrole nitrogens is 1. The topological polar surface area (TPSA) is 90.1 Å².